The van der Waals surface area contributed by atoms with Gasteiger partial charge in [0.05, 0.1) is 13.2 Å². The Balaban J connectivity index is 1.82. The van der Waals surface area contributed by atoms with Crippen molar-refractivity contribution in [2.45, 2.75) is 13.2 Å². The minimum absolute atomic E-state index is 0.165. The summed E-state index contributed by atoms with van der Waals surface area (Å²) in [5.41, 5.74) is 4.50. The van der Waals surface area contributed by atoms with Crippen LogP contribution in [0.25, 0.3) is 0 Å². The molecule has 94 valence electrons. The molecule has 3 nitrogen and oxygen atoms in total. The molecule has 0 aliphatic carbocycles. The number of rotatable bonds is 5. The van der Waals surface area contributed by atoms with Gasteiger partial charge in [0.15, 0.2) is 0 Å². The van der Waals surface area contributed by atoms with Crippen molar-refractivity contribution in [3.05, 3.63) is 64.7 Å². The lowest BCUT2D eigenvalue weighted by molar-refractivity contribution is 0.0232. The molecule has 0 aliphatic rings. The quantitative estimate of drug-likeness (QED) is 0.643. The van der Waals surface area contributed by atoms with Crippen molar-refractivity contribution in [2.24, 2.45) is 0 Å². The smallest absolute Gasteiger partial charge is 0.121 e. The predicted octanol–water partition coefficient (Wildman–Crippen LogP) is 3.27. The summed E-state index contributed by atoms with van der Waals surface area (Å²) >= 11 is 5.97. The largest absolute Gasteiger partial charge is 0.508 e. The van der Waals surface area contributed by atoms with Crippen LogP contribution in [0.2, 0.25) is 5.02 Å². The lowest BCUT2D eigenvalue weighted by atomic mass is 10.2. The minimum atomic E-state index is 0.165. The number of phenols is 1. The van der Waals surface area contributed by atoms with Gasteiger partial charge in [-0.05, 0) is 17.7 Å². The van der Waals surface area contributed by atoms with Gasteiger partial charge in [0.25, 0.3) is 0 Å². The van der Waals surface area contributed by atoms with E-state index in [1.54, 1.807) is 18.2 Å². The standard InChI is InChI=1S/C14H14ClNO2/c15-13-7-4-8-14(17)12(13)9-16-18-10-11-5-2-1-3-6-11/h1-8,16-17H,9-10H2. The van der Waals surface area contributed by atoms with Crippen LogP contribution in [0.5, 0.6) is 5.75 Å². The number of halogens is 1. The Kier molecular flexibility index (Phi) is 4.59. The average Bonchev–Trinajstić information content (AvgIpc) is 2.38. The maximum Gasteiger partial charge on any atom is 0.121 e. The van der Waals surface area contributed by atoms with Crippen molar-refractivity contribution >= 4 is 11.6 Å². The fourth-order valence-corrected chi connectivity index (χ4v) is 1.79. The Labute approximate surface area is 111 Å². The molecule has 0 unspecified atom stereocenters. The van der Waals surface area contributed by atoms with Crippen molar-refractivity contribution in [1.29, 1.82) is 0 Å². The van der Waals surface area contributed by atoms with Gasteiger partial charge in [-0.25, -0.2) is 0 Å². The van der Waals surface area contributed by atoms with E-state index in [1.807, 2.05) is 30.3 Å². The Hall–Kier alpha value is -1.55. The third kappa shape index (κ3) is 3.47. The van der Waals surface area contributed by atoms with Crippen LogP contribution in [0.1, 0.15) is 11.1 Å². The van der Waals surface area contributed by atoms with Crippen molar-refractivity contribution in [3.8, 4) is 5.75 Å². The summed E-state index contributed by atoms with van der Waals surface area (Å²) in [5, 5.41) is 10.1. The molecule has 0 amide bonds. The molecule has 0 spiro atoms. The number of hydroxylamine groups is 1. The normalized spacial score (nSPS) is 10.5. The van der Waals surface area contributed by atoms with E-state index in [-0.39, 0.29) is 5.75 Å². The zero-order valence-electron chi connectivity index (χ0n) is 9.77. The SMILES string of the molecule is Oc1cccc(Cl)c1CNOCc1ccccc1. The summed E-state index contributed by atoms with van der Waals surface area (Å²) in [6, 6.07) is 14.9. The highest BCUT2D eigenvalue weighted by atomic mass is 35.5. The first-order chi connectivity index (χ1) is 8.77. The molecule has 4 heteroatoms. The van der Waals surface area contributed by atoms with Crippen LogP contribution in [0.15, 0.2) is 48.5 Å². The molecule has 0 fully saturated rings. The molecule has 2 N–H and O–H groups in total. The number of hydrogen-bond donors (Lipinski definition) is 2. The van der Waals surface area contributed by atoms with Gasteiger partial charge in [-0.1, -0.05) is 48.0 Å². The van der Waals surface area contributed by atoms with Crippen LogP contribution < -0.4 is 5.48 Å². The Morgan fingerprint density at radius 3 is 2.56 bits per heavy atom. The molecular weight excluding hydrogens is 250 g/mol. The topological polar surface area (TPSA) is 41.5 Å². The lowest BCUT2D eigenvalue weighted by Crippen LogP contribution is -2.14. The number of phenolic OH excluding ortho intramolecular Hbond substituents is 1. The molecule has 18 heavy (non-hydrogen) atoms. The van der Waals surface area contributed by atoms with Crippen LogP contribution in [-0.4, -0.2) is 5.11 Å². The van der Waals surface area contributed by atoms with Crippen molar-refractivity contribution in [2.75, 3.05) is 0 Å². The van der Waals surface area contributed by atoms with Crippen LogP contribution in [0.4, 0.5) is 0 Å². The summed E-state index contributed by atoms with van der Waals surface area (Å²) in [4.78, 5) is 5.31. The minimum Gasteiger partial charge on any atom is -0.508 e. The van der Waals surface area contributed by atoms with Gasteiger partial charge in [0.1, 0.15) is 5.75 Å². The molecular formula is C14H14ClNO2. The van der Waals surface area contributed by atoms with Gasteiger partial charge in [0, 0.05) is 10.6 Å². The third-order valence-electron chi connectivity index (χ3n) is 2.53. The van der Waals surface area contributed by atoms with Crippen molar-refractivity contribution in [1.82, 2.24) is 5.48 Å². The van der Waals surface area contributed by atoms with E-state index in [0.29, 0.717) is 23.7 Å². The summed E-state index contributed by atoms with van der Waals surface area (Å²) in [5.74, 6) is 0.165. The van der Waals surface area contributed by atoms with Gasteiger partial charge in [-0.15, -0.1) is 0 Å². The van der Waals surface area contributed by atoms with E-state index >= 15 is 0 Å². The highest BCUT2D eigenvalue weighted by Gasteiger charge is 2.05. The second-order valence-corrected chi connectivity index (χ2v) is 4.24. The molecule has 2 aromatic rings. The summed E-state index contributed by atoms with van der Waals surface area (Å²) in [7, 11) is 0. The summed E-state index contributed by atoms with van der Waals surface area (Å²) in [6.45, 7) is 0.824. The Bertz CT molecular complexity index is 482. The first-order valence-electron chi connectivity index (χ1n) is 5.62. The molecule has 2 aromatic carbocycles. The van der Waals surface area contributed by atoms with E-state index < -0.39 is 0 Å². The Morgan fingerprint density at radius 1 is 1.06 bits per heavy atom. The monoisotopic (exact) mass is 263 g/mol. The molecule has 2 rings (SSSR count). The van der Waals surface area contributed by atoms with E-state index in [1.165, 1.54) is 0 Å². The number of nitrogens with one attached hydrogen (secondary N) is 1. The van der Waals surface area contributed by atoms with Crippen LogP contribution >= 0.6 is 11.6 Å². The van der Waals surface area contributed by atoms with Gasteiger partial charge in [-0.2, -0.15) is 5.48 Å². The van der Waals surface area contributed by atoms with E-state index in [9.17, 15) is 5.11 Å². The van der Waals surface area contributed by atoms with Crippen molar-refractivity contribution < 1.29 is 9.94 Å². The molecule has 0 saturated carbocycles. The summed E-state index contributed by atoms with van der Waals surface area (Å²) in [6.07, 6.45) is 0. The molecule has 0 saturated heterocycles. The van der Waals surface area contributed by atoms with Gasteiger partial charge < -0.3 is 5.11 Å². The molecule has 0 atom stereocenters. The van der Waals surface area contributed by atoms with Crippen LogP contribution in [0.3, 0.4) is 0 Å². The first-order valence-corrected chi connectivity index (χ1v) is 6.00. The maximum atomic E-state index is 9.63. The summed E-state index contributed by atoms with van der Waals surface area (Å²) < 4.78 is 0. The molecule has 0 radical (unpaired) electrons. The fourth-order valence-electron chi connectivity index (χ4n) is 1.55. The molecule has 0 bridgehead atoms. The molecule has 0 aliphatic heterocycles. The highest BCUT2D eigenvalue weighted by molar-refractivity contribution is 6.31. The van der Waals surface area contributed by atoms with Gasteiger partial charge >= 0.3 is 0 Å². The van der Waals surface area contributed by atoms with Crippen LogP contribution in [-0.2, 0) is 18.0 Å². The third-order valence-corrected chi connectivity index (χ3v) is 2.88. The van der Waals surface area contributed by atoms with Crippen molar-refractivity contribution in [3.63, 3.8) is 0 Å². The zero-order chi connectivity index (χ0) is 12.8. The van der Waals surface area contributed by atoms with E-state index in [0.717, 1.165) is 5.56 Å². The second-order valence-electron chi connectivity index (χ2n) is 3.83. The molecule has 0 heterocycles. The van der Waals surface area contributed by atoms with Gasteiger partial charge in [-0.3, -0.25) is 4.84 Å². The average molecular weight is 264 g/mol. The van der Waals surface area contributed by atoms with Gasteiger partial charge in [0.2, 0.25) is 0 Å². The zero-order valence-corrected chi connectivity index (χ0v) is 10.5. The second kappa shape index (κ2) is 6.40. The lowest BCUT2D eigenvalue weighted by Gasteiger charge is -2.09. The highest BCUT2D eigenvalue weighted by Crippen LogP contribution is 2.24. The predicted molar refractivity (Wildman–Crippen MR) is 71.2 cm³/mol. The number of hydrogen-bond acceptors (Lipinski definition) is 3. The number of benzene rings is 2. The van der Waals surface area contributed by atoms with E-state index in [4.69, 9.17) is 16.4 Å². The fraction of sp³-hybridized carbons (Fsp3) is 0.143. The van der Waals surface area contributed by atoms with E-state index in [2.05, 4.69) is 5.48 Å². The Morgan fingerprint density at radius 2 is 1.83 bits per heavy atom. The maximum absolute atomic E-state index is 9.63. The first kappa shape index (κ1) is 12.9. The molecule has 0 aromatic heterocycles. The van der Waals surface area contributed by atoms with Crippen LogP contribution in [0, 0.1) is 0 Å². The number of aromatic hydroxyl groups is 1.